The fraction of sp³-hybridized carbons (Fsp3) is 0.733. The fourth-order valence-electron chi connectivity index (χ4n) is 3.73. The Kier molecular flexibility index (Phi) is 3.44. The second kappa shape index (κ2) is 5.08. The van der Waals surface area contributed by atoms with E-state index < -0.39 is 0 Å². The van der Waals surface area contributed by atoms with E-state index in [-0.39, 0.29) is 5.92 Å². The van der Waals surface area contributed by atoms with Gasteiger partial charge in [0.25, 0.3) is 0 Å². The molecule has 0 aliphatic carbocycles. The van der Waals surface area contributed by atoms with Crippen molar-refractivity contribution in [2.24, 2.45) is 5.92 Å². The molecule has 0 amide bonds. The predicted molar refractivity (Wildman–Crippen MR) is 74.1 cm³/mol. The van der Waals surface area contributed by atoms with Gasteiger partial charge in [-0.15, -0.1) is 0 Å². The Bertz CT molecular complexity index is 454. The lowest BCUT2D eigenvalue weighted by Gasteiger charge is -2.46. The maximum Gasteiger partial charge on any atom is 0.169 e. The van der Waals surface area contributed by atoms with Crippen LogP contribution >= 0.6 is 0 Å². The molecule has 2 unspecified atom stereocenters. The zero-order valence-corrected chi connectivity index (χ0v) is 11.9. The highest BCUT2D eigenvalue weighted by atomic mass is 16.1. The summed E-state index contributed by atoms with van der Waals surface area (Å²) in [6.45, 7) is 2.87. The number of hydrogen-bond donors (Lipinski definition) is 0. The molecule has 3 heterocycles. The van der Waals surface area contributed by atoms with Crippen LogP contribution in [0.3, 0.4) is 0 Å². The molecule has 19 heavy (non-hydrogen) atoms. The molecular formula is C15H23N3O. The maximum absolute atomic E-state index is 12.6. The molecule has 4 heteroatoms. The summed E-state index contributed by atoms with van der Waals surface area (Å²) in [5, 5.41) is 4.22. The summed E-state index contributed by atoms with van der Waals surface area (Å²) in [5.74, 6) is 0.519. The first kappa shape index (κ1) is 12.9. The number of aryl methyl sites for hydroxylation is 1. The number of rotatable bonds is 3. The predicted octanol–water partition coefficient (Wildman–Crippen LogP) is 2.35. The van der Waals surface area contributed by atoms with Crippen molar-refractivity contribution in [3.05, 3.63) is 18.0 Å². The summed E-state index contributed by atoms with van der Waals surface area (Å²) in [6.07, 6.45) is 9.53. The Morgan fingerprint density at radius 1 is 1.37 bits per heavy atom. The molecule has 2 bridgehead atoms. The molecule has 104 valence electrons. The van der Waals surface area contributed by atoms with E-state index in [9.17, 15) is 4.79 Å². The van der Waals surface area contributed by atoms with Gasteiger partial charge >= 0.3 is 0 Å². The number of carbonyl (C=O) groups is 1. The number of aromatic nitrogens is 2. The molecule has 0 spiro atoms. The first-order chi connectivity index (χ1) is 9.19. The lowest BCUT2D eigenvalue weighted by molar-refractivity contribution is 0.0338. The van der Waals surface area contributed by atoms with Gasteiger partial charge in [-0.25, -0.2) is 0 Å². The Hall–Kier alpha value is -1.16. The minimum absolute atomic E-state index is 0.209. The van der Waals surface area contributed by atoms with Crippen LogP contribution in [0.5, 0.6) is 0 Å². The molecule has 2 saturated heterocycles. The smallest absolute Gasteiger partial charge is 0.169 e. The van der Waals surface area contributed by atoms with Crippen LogP contribution in [-0.2, 0) is 6.54 Å². The molecule has 2 aliphatic heterocycles. The standard InChI is InChI=1S/C15H23N3O/c1-3-18-10-12(9-16-18)15(19)11-7-13-5-4-6-14(8-11)17(13)2/h9-11,13-14H,3-8H2,1-2H3. The molecule has 0 saturated carbocycles. The van der Waals surface area contributed by atoms with Crippen LogP contribution in [0.4, 0.5) is 0 Å². The third kappa shape index (κ3) is 2.34. The van der Waals surface area contributed by atoms with E-state index >= 15 is 0 Å². The van der Waals surface area contributed by atoms with Crippen molar-refractivity contribution in [2.75, 3.05) is 7.05 Å². The summed E-state index contributed by atoms with van der Waals surface area (Å²) in [6, 6.07) is 1.23. The molecule has 4 nitrogen and oxygen atoms in total. The molecule has 2 aliphatic rings. The average molecular weight is 261 g/mol. The van der Waals surface area contributed by atoms with Gasteiger partial charge in [0.1, 0.15) is 0 Å². The third-order valence-corrected chi connectivity index (χ3v) is 4.95. The Morgan fingerprint density at radius 2 is 2.05 bits per heavy atom. The first-order valence-electron chi connectivity index (χ1n) is 7.47. The second-order valence-corrected chi connectivity index (χ2v) is 6.02. The molecule has 0 N–H and O–H groups in total. The van der Waals surface area contributed by atoms with Gasteiger partial charge < -0.3 is 4.90 Å². The van der Waals surface area contributed by atoms with Crippen LogP contribution < -0.4 is 0 Å². The van der Waals surface area contributed by atoms with Gasteiger partial charge in [-0.1, -0.05) is 6.42 Å². The number of piperidine rings is 2. The van der Waals surface area contributed by atoms with Crippen molar-refractivity contribution in [3.8, 4) is 0 Å². The van der Waals surface area contributed by atoms with Gasteiger partial charge in [0.05, 0.1) is 11.8 Å². The summed E-state index contributed by atoms with van der Waals surface area (Å²) < 4.78 is 1.84. The van der Waals surface area contributed by atoms with E-state index in [1.165, 1.54) is 19.3 Å². The largest absolute Gasteiger partial charge is 0.300 e. The van der Waals surface area contributed by atoms with Crippen molar-refractivity contribution in [2.45, 2.75) is 57.7 Å². The highest BCUT2D eigenvalue weighted by Gasteiger charge is 2.38. The fourth-order valence-corrected chi connectivity index (χ4v) is 3.73. The summed E-state index contributed by atoms with van der Waals surface area (Å²) >= 11 is 0. The maximum atomic E-state index is 12.6. The number of Topliss-reactive ketones (excluding diaryl/α,β-unsaturated/α-hetero) is 1. The Balaban J connectivity index is 1.74. The summed E-state index contributed by atoms with van der Waals surface area (Å²) in [7, 11) is 2.23. The van der Waals surface area contributed by atoms with Crippen molar-refractivity contribution >= 4 is 5.78 Å². The van der Waals surface area contributed by atoms with Gasteiger partial charge in [-0.2, -0.15) is 5.10 Å². The Morgan fingerprint density at radius 3 is 2.63 bits per heavy atom. The lowest BCUT2D eigenvalue weighted by Crippen LogP contribution is -2.51. The van der Waals surface area contributed by atoms with E-state index in [1.54, 1.807) is 6.20 Å². The first-order valence-corrected chi connectivity index (χ1v) is 7.47. The number of ketones is 1. The van der Waals surface area contributed by atoms with Crippen LogP contribution in [0.2, 0.25) is 0 Å². The number of fused-ring (bicyclic) bond motifs is 2. The number of nitrogens with zero attached hydrogens (tertiary/aromatic N) is 3. The van der Waals surface area contributed by atoms with Crippen LogP contribution in [0.15, 0.2) is 12.4 Å². The van der Waals surface area contributed by atoms with Crippen molar-refractivity contribution < 1.29 is 4.79 Å². The van der Waals surface area contributed by atoms with E-state index in [4.69, 9.17) is 0 Å². The normalized spacial score (nSPS) is 31.4. The number of hydrogen-bond acceptors (Lipinski definition) is 3. The van der Waals surface area contributed by atoms with Crippen molar-refractivity contribution in [3.63, 3.8) is 0 Å². The molecule has 0 aromatic carbocycles. The highest BCUT2D eigenvalue weighted by molar-refractivity contribution is 5.97. The average Bonchev–Trinajstić information content (AvgIpc) is 2.86. The van der Waals surface area contributed by atoms with Gasteiger partial charge in [-0.05, 0) is 39.7 Å². The van der Waals surface area contributed by atoms with E-state index in [2.05, 4.69) is 17.0 Å². The summed E-state index contributed by atoms with van der Waals surface area (Å²) in [5.41, 5.74) is 0.800. The van der Waals surface area contributed by atoms with Gasteiger partial charge in [0, 0.05) is 30.7 Å². The molecule has 2 fully saturated rings. The lowest BCUT2D eigenvalue weighted by atomic mass is 9.76. The van der Waals surface area contributed by atoms with Gasteiger partial charge in [-0.3, -0.25) is 9.48 Å². The minimum Gasteiger partial charge on any atom is -0.300 e. The van der Waals surface area contributed by atoms with Gasteiger partial charge in [0.2, 0.25) is 0 Å². The topological polar surface area (TPSA) is 38.1 Å². The van der Waals surface area contributed by atoms with E-state index in [1.807, 2.05) is 17.8 Å². The zero-order valence-electron chi connectivity index (χ0n) is 11.9. The van der Waals surface area contributed by atoms with Crippen molar-refractivity contribution in [1.82, 2.24) is 14.7 Å². The minimum atomic E-state index is 0.209. The molecular weight excluding hydrogens is 238 g/mol. The van der Waals surface area contributed by atoms with Crippen LogP contribution in [-0.4, -0.2) is 39.6 Å². The number of carbonyl (C=O) groups excluding carboxylic acids is 1. The van der Waals surface area contributed by atoms with Crippen LogP contribution in [0.1, 0.15) is 49.4 Å². The van der Waals surface area contributed by atoms with E-state index in [0.717, 1.165) is 24.9 Å². The monoisotopic (exact) mass is 261 g/mol. The molecule has 3 rings (SSSR count). The summed E-state index contributed by atoms with van der Waals surface area (Å²) in [4.78, 5) is 15.1. The zero-order chi connectivity index (χ0) is 13.4. The Labute approximate surface area is 114 Å². The van der Waals surface area contributed by atoms with Crippen LogP contribution in [0, 0.1) is 5.92 Å². The molecule has 1 aromatic heterocycles. The highest BCUT2D eigenvalue weighted by Crippen LogP contribution is 2.37. The quantitative estimate of drug-likeness (QED) is 0.784. The molecule has 0 radical (unpaired) electrons. The van der Waals surface area contributed by atoms with Crippen molar-refractivity contribution in [1.29, 1.82) is 0 Å². The second-order valence-electron chi connectivity index (χ2n) is 6.02. The SMILES string of the molecule is CCn1cc(C(=O)C2CC3CCCC(C2)N3C)cn1. The van der Waals surface area contributed by atoms with Crippen LogP contribution in [0.25, 0.3) is 0 Å². The van der Waals surface area contributed by atoms with E-state index in [0.29, 0.717) is 17.9 Å². The molecule has 1 aromatic rings. The van der Waals surface area contributed by atoms with Gasteiger partial charge in [0.15, 0.2) is 5.78 Å². The molecule has 2 atom stereocenters. The third-order valence-electron chi connectivity index (χ3n) is 4.95.